The minimum atomic E-state index is -0.304. The summed E-state index contributed by atoms with van der Waals surface area (Å²) < 4.78 is 5.44. The molecule has 6 heteroatoms. The monoisotopic (exact) mass is 456 g/mol. The standard InChI is InChI=1S/C28H28N2O4/c1-15-10-16(2)12-17(11-15)29(26(31)20-6-4-5-7-23(20)34-3)14-30-27(32)24-18-8-9-19(22-13-21(18)22)25(24)28(30)33/h4-12,18-19,21-22,24-25H,13-14H2,1-3H3. The molecular weight excluding hydrogens is 428 g/mol. The van der Waals surface area contributed by atoms with Crippen molar-refractivity contribution in [3.8, 4) is 5.75 Å². The molecule has 1 heterocycles. The van der Waals surface area contributed by atoms with E-state index >= 15 is 0 Å². The van der Waals surface area contributed by atoms with Crippen LogP contribution in [-0.2, 0) is 9.59 Å². The molecule has 1 aliphatic heterocycles. The maximum atomic E-state index is 13.8. The van der Waals surface area contributed by atoms with Crippen LogP contribution in [0.25, 0.3) is 0 Å². The molecule has 2 aromatic rings. The quantitative estimate of drug-likeness (QED) is 0.504. The van der Waals surface area contributed by atoms with E-state index in [-0.39, 0.29) is 48.1 Å². The Labute approximate surface area is 199 Å². The summed E-state index contributed by atoms with van der Waals surface area (Å²) in [7, 11) is 1.53. The first-order chi connectivity index (χ1) is 16.4. The lowest BCUT2D eigenvalue weighted by Crippen LogP contribution is -2.45. The summed E-state index contributed by atoms with van der Waals surface area (Å²) in [6, 6.07) is 12.9. The maximum absolute atomic E-state index is 13.8. The number of hydrogen-bond acceptors (Lipinski definition) is 4. The lowest BCUT2D eigenvalue weighted by molar-refractivity contribution is -0.140. The van der Waals surface area contributed by atoms with E-state index in [0.717, 1.165) is 17.5 Å². The van der Waals surface area contributed by atoms with E-state index in [9.17, 15) is 14.4 Å². The zero-order chi connectivity index (χ0) is 23.7. The molecule has 6 unspecified atom stereocenters. The summed E-state index contributed by atoms with van der Waals surface area (Å²) in [6.45, 7) is 3.84. The van der Waals surface area contributed by atoms with Gasteiger partial charge in [-0.15, -0.1) is 0 Å². The molecule has 0 N–H and O–H groups in total. The zero-order valence-corrected chi connectivity index (χ0v) is 19.6. The number of imide groups is 1. The summed E-state index contributed by atoms with van der Waals surface area (Å²) in [6.07, 6.45) is 5.45. The predicted octanol–water partition coefficient (Wildman–Crippen LogP) is 3.97. The lowest BCUT2D eigenvalue weighted by atomic mass is 9.63. The van der Waals surface area contributed by atoms with Gasteiger partial charge in [0.1, 0.15) is 12.4 Å². The average Bonchev–Trinajstić information content (AvgIpc) is 3.61. The van der Waals surface area contributed by atoms with Crippen LogP contribution in [0, 0.1) is 49.4 Å². The molecular formula is C28H28N2O4. The van der Waals surface area contributed by atoms with E-state index in [1.54, 1.807) is 23.1 Å². The van der Waals surface area contributed by atoms with Crippen molar-refractivity contribution in [3.05, 3.63) is 71.3 Å². The molecule has 6 nitrogen and oxygen atoms in total. The predicted molar refractivity (Wildman–Crippen MR) is 127 cm³/mol. The SMILES string of the molecule is COc1ccccc1C(=O)N(CN1C(=O)C2C3C=CC(C4CC34)C2C1=O)c1cc(C)cc(C)c1. The van der Waals surface area contributed by atoms with E-state index in [1.165, 1.54) is 12.0 Å². The van der Waals surface area contributed by atoms with Crippen LogP contribution in [0.15, 0.2) is 54.6 Å². The fraction of sp³-hybridized carbons (Fsp3) is 0.393. The lowest BCUT2D eigenvalue weighted by Gasteiger charge is -2.37. The Morgan fingerprint density at radius 3 is 2.15 bits per heavy atom. The summed E-state index contributed by atoms with van der Waals surface area (Å²) in [4.78, 5) is 43.9. The third-order valence-electron chi connectivity index (χ3n) is 8.14. The van der Waals surface area contributed by atoms with Gasteiger partial charge in [-0.25, -0.2) is 0 Å². The number of para-hydroxylation sites is 1. The van der Waals surface area contributed by atoms with Crippen molar-refractivity contribution in [2.24, 2.45) is 35.5 Å². The van der Waals surface area contributed by atoms with Gasteiger partial charge in [-0.3, -0.25) is 24.2 Å². The number of carbonyl (C=O) groups excluding carboxylic acids is 3. The van der Waals surface area contributed by atoms with E-state index in [0.29, 0.717) is 28.8 Å². The molecule has 2 bridgehead atoms. The van der Waals surface area contributed by atoms with E-state index in [2.05, 4.69) is 12.2 Å². The van der Waals surface area contributed by atoms with Crippen LogP contribution < -0.4 is 9.64 Å². The number of rotatable bonds is 5. The third-order valence-corrected chi connectivity index (χ3v) is 8.14. The molecule has 1 saturated heterocycles. The average molecular weight is 457 g/mol. The maximum Gasteiger partial charge on any atom is 0.263 e. The first-order valence-electron chi connectivity index (χ1n) is 12.0. The summed E-state index contributed by atoms with van der Waals surface area (Å²) in [5.74, 6) is 0.699. The molecule has 174 valence electrons. The normalized spacial score (nSPS) is 30.3. The molecule has 2 saturated carbocycles. The van der Waals surface area contributed by atoms with Crippen molar-refractivity contribution >= 4 is 23.4 Å². The highest BCUT2D eigenvalue weighted by Crippen LogP contribution is 2.65. The van der Waals surface area contributed by atoms with Crippen LogP contribution in [0.2, 0.25) is 0 Å². The smallest absolute Gasteiger partial charge is 0.263 e. The minimum absolute atomic E-state index is 0.0980. The van der Waals surface area contributed by atoms with Crippen LogP contribution in [0.5, 0.6) is 5.75 Å². The Hall–Kier alpha value is -3.41. The highest BCUT2D eigenvalue weighted by atomic mass is 16.5. The number of anilines is 1. The molecule has 0 spiro atoms. The zero-order valence-electron chi connectivity index (χ0n) is 19.6. The molecule has 0 radical (unpaired) electrons. The second-order valence-electron chi connectivity index (χ2n) is 10.2. The van der Waals surface area contributed by atoms with E-state index in [4.69, 9.17) is 4.74 Å². The molecule has 3 fully saturated rings. The fourth-order valence-electron chi connectivity index (χ4n) is 6.64. The highest BCUT2D eigenvalue weighted by Gasteiger charge is 2.67. The van der Waals surface area contributed by atoms with Gasteiger partial charge in [-0.2, -0.15) is 0 Å². The Balaban J connectivity index is 1.38. The van der Waals surface area contributed by atoms with Crippen molar-refractivity contribution < 1.29 is 19.1 Å². The molecule has 5 aliphatic rings. The molecule has 7 rings (SSSR count). The number of ether oxygens (including phenoxy) is 1. The number of hydrogen-bond donors (Lipinski definition) is 0. The fourth-order valence-corrected chi connectivity index (χ4v) is 6.64. The van der Waals surface area contributed by atoms with Gasteiger partial charge in [-0.05, 0) is 79.3 Å². The van der Waals surface area contributed by atoms with Gasteiger partial charge in [0.25, 0.3) is 5.91 Å². The topological polar surface area (TPSA) is 66.9 Å². The number of allylic oxidation sites excluding steroid dienone is 2. The first-order valence-corrected chi connectivity index (χ1v) is 12.0. The largest absolute Gasteiger partial charge is 0.496 e. The van der Waals surface area contributed by atoms with Crippen molar-refractivity contribution in [1.29, 1.82) is 0 Å². The number of likely N-dealkylation sites (tertiary alicyclic amines) is 1. The second kappa shape index (κ2) is 7.55. The minimum Gasteiger partial charge on any atom is -0.496 e. The van der Waals surface area contributed by atoms with Gasteiger partial charge >= 0.3 is 0 Å². The third kappa shape index (κ3) is 3.04. The van der Waals surface area contributed by atoms with Gasteiger partial charge in [0.15, 0.2) is 0 Å². The molecule has 3 amide bonds. The first kappa shape index (κ1) is 21.1. The van der Waals surface area contributed by atoms with Crippen molar-refractivity contribution in [1.82, 2.24) is 4.90 Å². The molecule has 4 aliphatic carbocycles. The highest BCUT2D eigenvalue weighted by molar-refractivity contribution is 6.10. The van der Waals surface area contributed by atoms with Gasteiger partial charge in [0.05, 0.1) is 24.5 Å². The van der Waals surface area contributed by atoms with Gasteiger partial charge in [0, 0.05) is 5.69 Å². The van der Waals surface area contributed by atoms with Crippen LogP contribution in [0.4, 0.5) is 5.69 Å². The second-order valence-corrected chi connectivity index (χ2v) is 10.2. The molecule has 0 aromatic heterocycles. The summed E-state index contributed by atoms with van der Waals surface area (Å²) >= 11 is 0. The van der Waals surface area contributed by atoms with E-state index in [1.807, 2.05) is 38.1 Å². The van der Waals surface area contributed by atoms with Gasteiger partial charge in [-0.1, -0.05) is 30.4 Å². The Kier molecular flexibility index (Phi) is 4.70. The Morgan fingerprint density at radius 2 is 1.56 bits per heavy atom. The number of nitrogens with zero attached hydrogens (tertiary/aromatic N) is 2. The van der Waals surface area contributed by atoms with Crippen LogP contribution >= 0.6 is 0 Å². The number of carbonyl (C=O) groups is 3. The van der Waals surface area contributed by atoms with Crippen LogP contribution in [-0.4, -0.2) is 36.4 Å². The molecule has 6 atom stereocenters. The van der Waals surface area contributed by atoms with Crippen molar-refractivity contribution in [2.45, 2.75) is 20.3 Å². The van der Waals surface area contributed by atoms with Crippen LogP contribution in [0.3, 0.4) is 0 Å². The van der Waals surface area contributed by atoms with Crippen molar-refractivity contribution in [2.75, 3.05) is 18.7 Å². The number of aryl methyl sites for hydroxylation is 2. The number of benzene rings is 2. The summed E-state index contributed by atoms with van der Waals surface area (Å²) in [5.41, 5.74) is 3.06. The van der Waals surface area contributed by atoms with E-state index < -0.39 is 0 Å². The van der Waals surface area contributed by atoms with Crippen molar-refractivity contribution in [3.63, 3.8) is 0 Å². The molecule has 34 heavy (non-hydrogen) atoms. The molecule has 2 aromatic carbocycles. The van der Waals surface area contributed by atoms with Crippen LogP contribution in [0.1, 0.15) is 27.9 Å². The number of amides is 3. The van der Waals surface area contributed by atoms with Gasteiger partial charge < -0.3 is 4.74 Å². The Morgan fingerprint density at radius 1 is 0.971 bits per heavy atom. The van der Waals surface area contributed by atoms with Gasteiger partial charge in [0.2, 0.25) is 11.8 Å². The Bertz CT molecular complexity index is 1190. The summed E-state index contributed by atoms with van der Waals surface area (Å²) in [5, 5.41) is 0. The number of methoxy groups -OCH3 is 1.